The van der Waals surface area contributed by atoms with E-state index in [2.05, 4.69) is 4.99 Å². The Bertz CT molecular complexity index is 687. The van der Waals surface area contributed by atoms with Crippen LogP contribution in [0.25, 0.3) is 0 Å². The number of aliphatic imine (C=N–C) groups is 1. The average Bonchev–Trinajstić information content (AvgIpc) is 2.48. The molecule has 4 N–H and O–H groups in total. The van der Waals surface area contributed by atoms with Gasteiger partial charge in [-0.1, -0.05) is 55.5 Å². The molecule has 2 unspecified atom stereocenters. The lowest BCUT2D eigenvalue weighted by Gasteiger charge is -2.22. The molecular formula is C17H19ClFN3O. The molecule has 1 amide bonds. The molecule has 0 heterocycles. The molecule has 122 valence electrons. The standard InChI is InChI=1S/C17H18FN3O.ClH/c1-11(13-9-5-6-10-14(13)18)15(16(22)21-17(19)20)12-7-3-2-4-8-12;/h2-11,15H,1H3,(H4,19,20,21,22);1H. The second-order valence-electron chi connectivity index (χ2n) is 5.07. The number of benzene rings is 2. The van der Waals surface area contributed by atoms with Crippen LogP contribution in [0.4, 0.5) is 4.39 Å². The van der Waals surface area contributed by atoms with Crippen LogP contribution in [0.1, 0.15) is 29.9 Å². The lowest BCUT2D eigenvalue weighted by Crippen LogP contribution is -2.27. The Hall–Kier alpha value is -2.40. The highest BCUT2D eigenvalue weighted by Gasteiger charge is 2.29. The van der Waals surface area contributed by atoms with Crippen molar-refractivity contribution in [3.05, 3.63) is 71.5 Å². The number of halogens is 2. The highest BCUT2D eigenvalue weighted by atomic mass is 35.5. The van der Waals surface area contributed by atoms with Crippen molar-refractivity contribution >= 4 is 24.3 Å². The Balaban J connectivity index is 0.00000264. The third-order valence-corrected chi connectivity index (χ3v) is 3.56. The minimum Gasteiger partial charge on any atom is -0.370 e. The largest absolute Gasteiger partial charge is 0.370 e. The van der Waals surface area contributed by atoms with Crippen LogP contribution in [0.15, 0.2) is 59.6 Å². The summed E-state index contributed by atoms with van der Waals surface area (Å²) >= 11 is 0. The first-order valence-corrected chi connectivity index (χ1v) is 6.93. The van der Waals surface area contributed by atoms with Crippen molar-refractivity contribution in [1.82, 2.24) is 0 Å². The predicted molar refractivity (Wildman–Crippen MR) is 92.1 cm³/mol. The molecule has 2 rings (SSSR count). The maximum Gasteiger partial charge on any atom is 0.257 e. The molecule has 6 heteroatoms. The van der Waals surface area contributed by atoms with Crippen LogP contribution in [0.2, 0.25) is 0 Å². The van der Waals surface area contributed by atoms with Crippen LogP contribution >= 0.6 is 12.4 Å². The van der Waals surface area contributed by atoms with E-state index in [0.29, 0.717) is 5.56 Å². The van der Waals surface area contributed by atoms with Crippen molar-refractivity contribution in [3.8, 4) is 0 Å². The van der Waals surface area contributed by atoms with Gasteiger partial charge in [-0.05, 0) is 23.1 Å². The zero-order valence-electron chi connectivity index (χ0n) is 12.6. The van der Waals surface area contributed by atoms with E-state index in [0.717, 1.165) is 5.56 Å². The molecule has 4 nitrogen and oxygen atoms in total. The first-order valence-electron chi connectivity index (χ1n) is 6.93. The molecule has 0 aliphatic carbocycles. The number of rotatable bonds is 4. The number of guanidine groups is 1. The summed E-state index contributed by atoms with van der Waals surface area (Å²) in [5, 5.41) is 0. The van der Waals surface area contributed by atoms with E-state index < -0.39 is 17.7 Å². The van der Waals surface area contributed by atoms with Crippen molar-refractivity contribution in [1.29, 1.82) is 0 Å². The fraction of sp³-hybridized carbons (Fsp3) is 0.176. The number of hydrogen-bond donors (Lipinski definition) is 2. The third kappa shape index (κ3) is 4.53. The summed E-state index contributed by atoms with van der Waals surface area (Å²) in [6, 6.07) is 15.5. The first kappa shape index (κ1) is 18.6. The van der Waals surface area contributed by atoms with Crippen LogP contribution in [-0.2, 0) is 4.79 Å². The predicted octanol–water partition coefficient (Wildman–Crippen LogP) is 2.93. The van der Waals surface area contributed by atoms with Crippen LogP contribution in [0, 0.1) is 5.82 Å². The summed E-state index contributed by atoms with van der Waals surface area (Å²) in [5.41, 5.74) is 11.8. The van der Waals surface area contributed by atoms with Gasteiger partial charge in [-0.15, -0.1) is 12.4 Å². The van der Waals surface area contributed by atoms with E-state index in [1.165, 1.54) is 6.07 Å². The summed E-state index contributed by atoms with van der Waals surface area (Å²) < 4.78 is 14.0. The Kier molecular flexibility index (Phi) is 6.72. The second kappa shape index (κ2) is 8.29. The van der Waals surface area contributed by atoms with E-state index in [9.17, 15) is 9.18 Å². The van der Waals surface area contributed by atoms with E-state index in [4.69, 9.17) is 11.5 Å². The minimum atomic E-state index is -0.653. The van der Waals surface area contributed by atoms with Crippen LogP contribution in [0.3, 0.4) is 0 Å². The Morgan fingerprint density at radius 3 is 2.17 bits per heavy atom. The molecule has 0 bridgehead atoms. The zero-order chi connectivity index (χ0) is 16.1. The van der Waals surface area contributed by atoms with Gasteiger partial charge in [-0.3, -0.25) is 4.79 Å². The smallest absolute Gasteiger partial charge is 0.257 e. The van der Waals surface area contributed by atoms with Gasteiger partial charge in [0.15, 0.2) is 5.96 Å². The summed E-state index contributed by atoms with van der Waals surface area (Å²) in [5.74, 6) is -2.19. The van der Waals surface area contributed by atoms with Gasteiger partial charge in [0, 0.05) is 0 Å². The first-order chi connectivity index (χ1) is 10.5. The van der Waals surface area contributed by atoms with Crippen molar-refractivity contribution in [3.63, 3.8) is 0 Å². The molecule has 0 saturated heterocycles. The molecule has 0 aliphatic rings. The fourth-order valence-corrected chi connectivity index (χ4v) is 2.53. The molecule has 2 atom stereocenters. The Morgan fingerprint density at radius 1 is 1.04 bits per heavy atom. The minimum absolute atomic E-state index is 0. The highest BCUT2D eigenvalue weighted by Crippen LogP contribution is 2.34. The SMILES string of the molecule is CC(c1ccccc1F)C(C(=O)N=C(N)N)c1ccccc1.Cl. The second-order valence-corrected chi connectivity index (χ2v) is 5.07. The number of hydrogen-bond acceptors (Lipinski definition) is 1. The van der Waals surface area contributed by atoms with Gasteiger partial charge in [0.2, 0.25) is 0 Å². The van der Waals surface area contributed by atoms with Crippen LogP contribution < -0.4 is 11.5 Å². The van der Waals surface area contributed by atoms with Gasteiger partial charge in [-0.2, -0.15) is 4.99 Å². The van der Waals surface area contributed by atoms with E-state index in [1.54, 1.807) is 25.1 Å². The average molecular weight is 336 g/mol. The molecule has 0 aliphatic heterocycles. The van der Waals surface area contributed by atoms with Crippen LogP contribution in [0.5, 0.6) is 0 Å². The summed E-state index contributed by atoms with van der Waals surface area (Å²) in [4.78, 5) is 16.1. The number of nitrogens with zero attached hydrogens (tertiary/aromatic N) is 1. The topological polar surface area (TPSA) is 81.5 Å². The maximum atomic E-state index is 14.0. The van der Waals surface area contributed by atoms with E-state index >= 15 is 0 Å². The number of carbonyl (C=O) groups excluding carboxylic acids is 1. The Labute approximate surface area is 140 Å². The number of amides is 1. The van der Waals surface area contributed by atoms with Crippen molar-refractivity contribution < 1.29 is 9.18 Å². The molecule has 0 aromatic heterocycles. The van der Waals surface area contributed by atoms with E-state index in [1.807, 2.05) is 30.3 Å². The molecule has 0 saturated carbocycles. The van der Waals surface area contributed by atoms with E-state index in [-0.39, 0.29) is 24.2 Å². The normalized spacial score (nSPS) is 12.6. The van der Waals surface area contributed by atoms with Crippen molar-refractivity contribution in [2.45, 2.75) is 18.8 Å². The van der Waals surface area contributed by atoms with Gasteiger partial charge in [0.05, 0.1) is 5.92 Å². The third-order valence-electron chi connectivity index (χ3n) is 3.56. The van der Waals surface area contributed by atoms with Gasteiger partial charge >= 0.3 is 0 Å². The molecular weight excluding hydrogens is 317 g/mol. The quantitative estimate of drug-likeness (QED) is 0.665. The number of carbonyl (C=O) groups is 1. The zero-order valence-corrected chi connectivity index (χ0v) is 13.5. The molecule has 0 spiro atoms. The molecule has 23 heavy (non-hydrogen) atoms. The van der Waals surface area contributed by atoms with Crippen LogP contribution in [-0.4, -0.2) is 11.9 Å². The molecule has 0 radical (unpaired) electrons. The molecule has 2 aromatic rings. The summed E-state index contributed by atoms with van der Waals surface area (Å²) in [6.45, 7) is 1.79. The summed E-state index contributed by atoms with van der Waals surface area (Å²) in [7, 11) is 0. The lowest BCUT2D eigenvalue weighted by atomic mass is 9.82. The summed E-state index contributed by atoms with van der Waals surface area (Å²) in [6.07, 6.45) is 0. The van der Waals surface area contributed by atoms with Gasteiger partial charge in [0.25, 0.3) is 5.91 Å². The van der Waals surface area contributed by atoms with Gasteiger partial charge < -0.3 is 11.5 Å². The lowest BCUT2D eigenvalue weighted by molar-refractivity contribution is -0.119. The van der Waals surface area contributed by atoms with Crippen molar-refractivity contribution in [2.75, 3.05) is 0 Å². The highest BCUT2D eigenvalue weighted by molar-refractivity contribution is 5.95. The van der Waals surface area contributed by atoms with Gasteiger partial charge in [0.1, 0.15) is 5.82 Å². The maximum absolute atomic E-state index is 14.0. The monoisotopic (exact) mass is 335 g/mol. The fourth-order valence-electron chi connectivity index (χ4n) is 2.53. The number of nitrogens with two attached hydrogens (primary N) is 2. The van der Waals surface area contributed by atoms with Gasteiger partial charge in [-0.25, -0.2) is 4.39 Å². The van der Waals surface area contributed by atoms with Crippen molar-refractivity contribution in [2.24, 2.45) is 16.5 Å². The molecule has 2 aromatic carbocycles. The molecule has 0 fully saturated rings. The Morgan fingerprint density at radius 2 is 1.61 bits per heavy atom.